The van der Waals surface area contributed by atoms with Crippen LogP contribution >= 0.6 is 0 Å². The lowest BCUT2D eigenvalue weighted by atomic mass is 10.0. The fourth-order valence-electron chi connectivity index (χ4n) is 3.39. The summed E-state index contributed by atoms with van der Waals surface area (Å²) in [7, 11) is 0. The fourth-order valence-corrected chi connectivity index (χ4v) is 3.39. The Balaban J connectivity index is 0.00000243. The summed E-state index contributed by atoms with van der Waals surface area (Å²) >= 11 is 0. The van der Waals surface area contributed by atoms with Crippen LogP contribution in [0.15, 0.2) is 59.2 Å². The highest BCUT2D eigenvalue weighted by Crippen LogP contribution is 2.26. The van der Waals surface area contributed by atoms with Gasteiger partial charge in [0.2, 0.25) is 0 Å². The van der Waals surface area contributed by atoms with Gasteiger partial charge in [0.05, 0.1) is 25.9 Å². The first-order valence-corrected chi connectivity index (χ1v) is 9.25. The van der Waals surface area contributed by atoms with E-state index in [0.29, 0.717) is 0 Å². The number of nitrogens with zero attached hydrogens (tertiary/aromatic N) is 1. The summed E-state index contributed by atoms with van der Waals surface area (Å²) in [5.41, 5.74) is 3.31. The minimum atomic E-state index is 0. The van der Waals surface area contributed by atoms with E-state index in [2.05, 4.69) is 57.2 Å². The SMILES string of the molecule is CC[N+](CC)(CC)CCOc1ccc(-c2ccc3occc3c2)cc1.[I-]. The predicted octanol–water partition coefficient (Wildman–Crippen LogP) is 2.36. The summed E-state index contributed by atoms with van der Waals surface area (Å²) < 4.78 is 12.5. The zero-order valence-corrected chi connectivity index (χ0v) is 18.0. The summed E-state index contributed by atoms with van der Waals surface area (Å²) in [5.74, 6) is 0.939. The quantitative estimate of drug-likeness (QED) is 0.377. The van der Waals surface area contributed by atoms with Crippen LogP contribution in [0.3, 0.4) is 0 Å². The molecule has 140 valence electrons. The largest absolute Gasteiger partial charge is 1.00 e. The van der Waals surface area contributed by atoms with E-state index >= 15 is 0 Å². The molecule has 0 amide bonds. The Kier molecular flexibility index (Phi) is 7.53. The van der Waals surface area contributed by atoms with Crippen molar-refractivity contribution < 1.29 is 37.6 Å². The van der Waals surface area contributed by atoms with Crippen molar-refractivity contribution in [2.75, 3.05) is 32.8 Å². The van der Waals surface area contributed by atoms with Gasteiger partial charge in [-0.15, -0.1) is 0 Å². The molecule has 0 saturated heterocycles. The molecule has 3 nitrogen and oxygen atoms in total. The molecule has 4 heteroatoms. The van der Waals surface area contributed by atoms with Crippen LogP contribution in [0.1, 0.15) is 20.8 Å². The molecule has 26 heavy (non-hydrogen) atoms. The van der Waals surface area contributed by atoms with Crippen molar-refractivity contribution in [2.45, 2.75) is 20.8 Å². The Bertz CT molecular complexity index is 798. The van der Waals surface area contributed by atoms with E-state index in [1.54, 1.807) is 6.26 Å². The molecule has 0 aliphatic rings. The highest BCUT2D eigenvalue weighted by atomic mass is 127. The maximum atomic E-state index is 5.99. The number of rotatable bonds is 8. The van der Waals surface area contributed by atoms with Gasteiger partial charge in [0.25, 0.3) is 0 Å². The number of likely N-dealkylation sites (N-methyl/N-ethyl adjacent to an activating group) is 1. The van der Waals surface area contributed by atoms with Crippen LogP contribution < -0.4 is 28.7 Å². The molecule has 0 unspecified atom stereocenters. The monoisotopic (exact) mass is 465 g/mol. The smallest absolute Gasteiger partial charge is 0.137 e. The molecular formula is C22H28INO2. The van der Waals surface area contributed by atoms with Crippen molar-refractivity contribution in [3.8, 4) is 16.9 Å². The Morgan fingerprint density at radius 3 is 2.15 bits per heavy atom. The van der Waals surface area contributed by atoms with E-state index in [1.165, 1.54) is 11.1 Å². The number of ether oxygens (including phenoxy) is 1. The summed E-state index contributed by atoms with van der Waals surface area (Å²) in [6.45, 7) is 12.1. The average molecular weight is 465 g/mol. The van der Waals surface area contributed by atoms with E-state index < -0.39 is 0 Å². The van der Waals surface area contributed by atoms with E-state index in [0.717, 1.165) is 54.0 Å². The van der Waals surface area contributed by atoms with Gasteiger partial charge in [-0.25, -0.2) is 0 Å². The topological polar surface area (TPSA) is 22.4 Å². The van der Waals surface area contributed by atoms with Crippen molar-refractivity contribution in [2.24, 2.45) is 0 Å². The molecule has 0 aliphatic carbocycles. The van der Waals surface area contributed by atoms with Gasteiger partial charge in [-0.3, -0.25) is 0 Å². The molecule has 3 aromatic rings. The Morgan fingerprint density at radius 2 is 1.50 bits per heavy atom. The van der Waals surface area contributed by atoms with Gasteiger partial charge in [0.15, 0.2) is 0 Å². The number of furan rings is 1. The molecule has 0 spiro atoms. The van der Waals surface area contributed by atoms with E-state index in [-0.39, 0.29) is 24.0 Å². The van der Waals surface area contributed by atoms with Crippen LogP contribution in [0.4, 0.5) is 0 Å². The Morgan fingerprint density at radius 1 is 0.846 bits per heavy atom. The molecule has 1 aromatic heterocycles. The lowest BCUT2D eigenvalue weighted by Gasteiger charge is -2.35. The van der Waals surface area contributed by atoms with Crippen LogP contribution in [-0.2, 0) is 0 Å². The van der Waals surface area contributed by atoms with Crippen molar-refractivity contribution in [3.63, 3.8) is 0 Å². The third-order valence-corrected chi connectivity index (χ3v) is 5.49. The normalized spacial score (nSPS) is 11.3. The third-order valence-electron chi connectivity index (χ3n) is 5.49. The number of fused-ring (bicyclic) bond motifs is 1. The molecule has 0 atom stereocenters. The zero-order chi connectivity index (χ0) is 17.7. The first kappa shape index (κ1) is 20.8. The lowest BCUT2D eigenvalue weighted by molar-refractivity contribution is -0.923. The van der Waals surface area contributed by atoms with Crippen LogP contribution in [0.25, 0.3) is 22.1 Å². The summed E-state index contributed by atoms with van der Waals surface area (Å²) in [4.78, 5) is 0. The van der Waals surface area contributed by atoms with Gasteiger partial charge in [-0.1, -0.05) is 18.2 Å². The molecule has 0 fully saturated rings. The molecule has 1 heterocycles. The summed E-state index contributed by atoms with van der Waals surface area (Å²) in [6, 6.07) is 16.6. The van der Waals surface area contributed by atoms with Crippen LogP contribution in [0, 0.1) is 0 Å². The van der Waals surface area contributed by atoms with Crippen LogP contribution in [0.2, 0.25) is 0 Å². The van der Waals surface area contributed by atoms with Crippen LogP contribution in [0.5, 0.6) is 5.75 Å². The molecule has 0 bridgehead atoms. The second-order valence-electron chi connectivity index (χ2n) is 6.56. The molecule has 0 aliphatic heterocycles. The van der Waals surface area contributed by atoms with E-state index in [9.17, 15) is 0 Å². The first-order valence-electron chi connectivity index (χ1n) is 9.25. The summed E-state index contributed by atoms with van der Waals surface area (Å²) in [6.07, 6.45) is 1.73. The lowest BCUT2D eigenvalue weighted by Crippen LogP contribution is -3.00. The number of halogens is 1. The Labute approximate surface area is 173 Å². The third kappa shape index (κ3) is 4.60. The number of benzene rings is 2. The fraction of sp³-hybridized carbons (Fsp3) is 0.364. The van der Waals surface area contributed by atoms with Gasteiger partial charge < -0.3 is 37.6 Å². The van der Waals surface area contributed by atoms with Crippen molar-refractivity contribution in [3.05, 3.63) is 54.8 Å². The van der Waals surface area contributed by atoms with Gasteiger partial charge in [0, 0.05) is 5.39 Å². The van der Waals surface area contributed by atoms with Gasteiger partial charge in [0.1, 0.15) is 24.5 Å². The molecule has 0 saturated carbocycles. The minimum absolute atomic E-state index is 0. The Hall–Kier alpha value is -1.53. The second-order valence-corrected chi connectivity index (χ2v) is 6.56. The van der Waals surface area contributed by atoms with E-state index in [4.69, 9.17) is 9.15 Å². The first-order chi connectivity index (χ1) is 12.2. The predicted molar refractivity (Wildman–Crippen MR) is 104 cm³/mol. The second kappa shape index (κ2) is 9.42. The molecule has 0 radical (unpaired) electrons. The maximum Gasteiger partial charge on any atom is 0.137 e. The molecule has 3 rings (SSSR count). The van der Waals surface area contributed by atoms with Gasteiger partial charge in [-0.2, -0.15) is 0 Å². The van der Waals surface area contributed by atoms with Gasteiger partial charge >= 0.3 is 0 Å². The standard InChI is InChI=1S/C22H28NO2.HI/c1-4-23(5-2,6-3)14-16-24-21-10-7-18(8-11-21)19-9-12-22-20(17-19)13-15-25-22;/h7-13,15,17H,4-6,14,16H2,1-3H3;1H/q+1;/p-1. The van der Waals surface area contributed by atoms with Crippen LogP contribution in [-0.4, -0.2) is 37.3 Å². The van der Waals surface area contributed by atoms with Gasteiger partial charge in [-0.05, 0) is 62.2 Å². The minimum Gasteiger partial charge on any atom is -1.00 e. The van der Waals surface area contributed by atoms with Crippen molar-refractivity contribution in [1.29, 1.82) is 0 Å². The maximum absolute atomic E-state index is 5.99. The number of hydrogen-bond donors (Lipinski definition) is 0. The molecular weight excluding hydrogens is 437 g/mol. The van der Waals surface area contributed by atoms with Crippen molar-refractivity contribution in [1.82, 2.24) is 0 Å². The highest BCUT2D eigenvalue weighted by molar-refractivity contribution is 5.83. The number of hydrogen-bond acceptors (Lipinski definition) is 2. The number of quaternary nitrogens is 1. The molecule has 0 N–H and O–H groups in total. The molecule has 2 aromatic carbocycles. The summed E-state index contributed by atoms with van der Waals surface area (Å²) in [5, 5.41) is 1.13. The zero-order valence-electron chi connectivity index (χ0n) is 15.9. The van der Waals surface area contributed by atoms with E-state index in [1.807, 2.05) is 12.1 Å². The highest BCUT2D eigenvalue weighted by Gasteiger charge is 2.20. The van der Waals surface area contributed by atoms with Crippen molar-refractivity contribution >= 4 is 11.0 Å². The average Bonchev–Trinajstić information content (AvgIpc) is 3.14.